The van der Waals surface area contributed by atoms with Crippen LogP contribution in [0.4, 0.5) is 0 Å². The number of carbonyl (C=O) groups is 1. The van der Waals surface area contributed by atoms with E-state index in [1.807, 2.05) is 43.3 Å². The zero-order valence-electron chi connectivity index (χ0n) is 7.53. The lowest BCUT2D eigenvalue weighted by Gasteiger charge is -2.02. The van der Waals surface area contributed by atoms with E-state index in [1.165, 1.54) is 0 Å². The summed E-state index contributed by atoms with van der Waals surface area (Å²) in [7, 11) is 0. The number of allylic oxidation sites excluding steroid dienone is 1. The van der Waals surface area contributed by atoms with Crippen molar-refractivity contribution in [2.75, 3.05) is 0 Å². The standard InChI is InChI=1S/C11H12O2/c1-2-9(8-11(12)13)10-6-4-3-5-7-10/h2-7H,8H2,1H3,(H,12,13)/b9-2-. The van der Waals surface area contributed by atoms with Crippen LogP contribution in [0, 0.1) is 0 Å². The summed E-state index contributed by atoms with van der Waals surface area (Å²) in [6.45, 7) is 1.85. The Bertz CT molecular complexity index is 312. The molecule has 0 unspecified atom stereocenters. The topological polar surface area (TPSA) is 37.3 Å². The molecule has 1 aromatic rings. The number of hydrogen-bond donors (Lipinski definition) is 1. The molecular weight excluding hydrogens is 164 g/mol. The molecule has 0 bridgehead atoms. The molecule has 0 amide bonds. The summed E-state index contributed by atoms with van der Waals surface area (Å²) in [5.41, 5.74) is 1.83. The molecule has 0 aliphatic heterocycles. The van der Waals surface area contributed by atoms with Gasteiger partial charge in [0, 0.05) is 0 Å². The smallest absolute Gasteiger partial charge is 0.307 e. The van der Waals surface area contributed by atoms with Gasteiger partial charge < -0.3 is 5.11 Å². The predicted octanol–water partition coefficient (Wildman–Crippen LogP) is 2.56. The molecule has 68 valence electrons. The number of aliphatic carboxylic acids is 1. The maximum Gasteiger partial charge on any atom is 0.307 e. The fourth-order valence-electron chi connectivity index (χ4n) is 1.19. The summed E-state index contributed by atoms with van der Waals surface area (Å²) >= 11 is 0. The molecule has 0 atom stereocenters. The van der Waals surface area contributed by atoms with E-state index in [4.69, 9.17) is 5.11 Å². The molecule has 0 saturated carbocycles. The minimum absolute atomic E-state index is 0.0838. The van der Waals surface area contributed by atoms with Crippen LogP contribution >= 0.6 is 0 Å². The summed E-state index contributed by atoms with van der Waals surface area (Å²) in [6, 6.07) is 9.55. The molecule has 0 radical (unpaired) electrons. The van der Waals surface area contributed by atoms with Gasteiger partial charge in [0.2, 0.25) is 0 Å². The zero-order valence-corrected chi connectivity index (χ0v) is 7.53. The van der Waals surface area contributed by atoms with Gasteiger partial charge in [-0.05, 0) is 18.1 Å². The molecule has 1 rings (SSSR count). The maximum absolute atomic E-state index is 10.5. The quantitative estimate of drug-likeness (QED) is 0.768. The SMILES string of the molecule is C/C=C(/CC(=O)O)c1ccccc1. The molecule has 1 N–H and O–H groups in total. The van der Waals surface area contributed by atoms with E-state index in [2.05, 4.69) is 0 Å². The average molecular weight is 176 g/mol. The molecule has 2 nitrogen and oxygen atoms in total. The highest BCUT2D eigenvalue weighted by Crippen LogP contribution is 2.17. The lowest BCUT2D eigenvalue weighted by Crippen LogP contribution is -1.96. The Morgan fingerprint density at radius 3 is 2.46 bits per heavy atom. The Kier molecular flexibility index (Phi) is 3.26. The summed E-state index contributed by atoms with van der Waals surface area (Å²) in [5, 5.41) is 8.64. The third-order valence-corrected chi connectivity index (χ3v) is 1.83. The zero-order chi connectivity index (χ0) is 9.68. The van der Waals surface area contributed by atoms with Gasteiger partial charge in [-0.3, -0.25) is 4.79 Å². The van der Waals surface area contributed by atoms with Crippen molar-refractivity contribution in [2.24, 2.45) is 0 Å². The van der Waals surface area contributed by atoms with Crippen molar-refractivity contribution in [1.29, 1.82) is 0 Å². The molecule has 0 spiro atoms. The fourth-order valence-corrected chi connectivity index (χ4v) is 1.19. The van der Waals surface area contributed by atoms with Gasteiger partial charge in [0.05, 0.1) is 6.42 Å². The van der Waals surface area contributed by atoms with Gasteiger partial charge in [0.1, 0.15) is 0 Å². The van der Waals surface area contributed by atoms with Gasteiger partial charge in [-0.25, -0.2) is 0 Å². The van der Waals surface area contributed by atoms with Crippen LogP contribution in [0.1, 0.15) is 18.9 Å². The lowest BCUT2D eigenvalue weighted by molar-refractivity contribution is -0.135. The number of benzene rings is 1. The first-order valence-electron chi connectivity index (χ1n) is 4.16. The number of hydrogen-bond acceptors (Lipinski definition) is 1. The minimum atomic E-state index is -0.794. The first kappa shape index (κ1) is 9.52. The van der Waals surface area contributed by atoms with E-state index in [0.717, 1.165) is 11.1 Å². The summed E-state index contributed by atoms with van der Waals surface area (Å²) in [6.07, 6.45) is 1.92. The van der Waals surface area contributed by atoms with Crippen LogP contribution in [-0.2, 0) is 4.79 Å². The number of rotatable bonds is 3. The van der Waals surface area contributed by atoms with Crippen molar-refractivity contribution < 1.29 is 9.90 Å². The van der Waals surface area contributed by atoms with Crippen LogP contribution in [0.5, 0.6) is 0 Å². The third kappa shape index (κ3) is 2.75. The van der Waals surface area contributed by atoms with E-state index in [0.29, 0.717) is 0 Å². The van der Waals surface area contributed by atoms with Gasteiger partial charge in [0.15, 0.2) is 0 Å². The molecule has 0 aromatic heterocycles. The number of carboxylic acid groups (broad SMARTS) is 1. The highest BCUT2D eigenvalue weighted by molar-refractivity contribution is 5.83. The molecule has 0 saturated heterocycles. The van der Waals surface area contributed by atoms with Crippen molar-refractivity contribution in [2.45, 2.75) is 13.3 Å². The second-order valence-electron chi connectivity index (χ2n) is 2.75. The van der Waals surface area contributed by atoms with E-state index >= 15 is 0 Å². The molecule has 1 aromatic carbocycles. The van der Waals surface area contributed by atoms with Crippen molar-refractivity contribution in [3.8, 4) is 0 Å². The van der Waals surface area contributed by atoms with Crippen LogP contribution in [0.3, 0.4) is 0 Å². The Balaban J connectivity index is 2.86. The Labute approximate surface area is 77.5 Å². The van der Waals surface area contributed by atoms with Gasteiger partial charge in [0.25, 0.3) is 0 Å². The molecule has 13 heavy (non-hydrogen) atoms. The minimum Gasteiger partial charge on any atom is -0.481 e. The second kappa shape index (κ2) is 4.45. The first-order chi connectivity index (χ1) is 6.24. The monoisotopic (exact) mass is 176 g/mol. The summed E-state index contributed by atoms with van der Waals surface area (Å²) < 4.78 is 0. The largest absolute Gasteiger partial charge is 0.481 e. The van der Waals surface area contributed by atoms with Crippen molar-refractivity contribution in [3.63, 3.8) is 0 Å². The second-order valence-corrected chi connectivity index (χ2v) is 2.75. The summed E-state index contributed by atoms with van der Waals surface area (Å²) in [4.78, 5) is 10.5. The van der Waals surface area contributed by atoms with Gasteiger partial charge in [-0.1, -0.05) is 36.4 Å². The van der Waals surface area contributed by atoms with Gasteiger partial charge >= 0.3 is 5.97 Å². The van der Waals surface area contributed by atoms with E-state index < -0.39 is 5.97 Å². The van der Waals surface area contributed by atoms with Gasteiger partial charge in [-0.2, -0.15) is 0 Å². The van der Waals surface area contributed by atoms with E-state index in [1.54, 1.807) is 0 Å². The Morgan fingerprint density at radius 2 is 2.00 bits per heavy atom. The normalized spacial score (nSPS) is 11.3. The van der Waals surface area contributed by atoms with Crippen LogP contribution in [0.25, 0.3) is 5.57 Å². The maximum atomic E-state index is 10.5. The molecule has 0 aliphatic rings. The third-order valence-electron chi connectivity index (χ3n) is 1.83. The fraction of sp³-hybridized carbons (Fsp3) is 0.182. The molecular formula is C11H12O2. The first-order valence-corrected chi connectivity index (χ1v) is 4.16. The summed E-state index contributed by atoms with van der Waals surface area (Å²) in [5.74, 6) is -0.794. The van der Waals surface area contributed by atoms with Crippen LogP contribution in [0.2, 0.25) is 0 Å². The van der Waals surface area contributed by atoms with E-state index in [9.17, 15) is 4.79 Å². The number of carboxylic acids is 1. The predicted molar refractivity (Wildman–Crippen MR) is 52.3 cm³/mol. The molecule has 2 heteroatoms. The van der Waals surface area contributed by atoms with Crippen LogP contribution < -0.4 is 0 Å². The van der Waals surface area contributed by atoms with Crippen LogP contribution in [-0.4, -0.2) is 11.1 Å². The van der Waals surface area contributed by atoms with Crippen molar-refractivity contribution in [3.05, 3.63) is 42.0 Å². The van der Waals surface area contributed by atoms with Crippen LogP contribution in [0.15, 0.2) is 36.4 Å². The van der Waals surface area contributed by atoms with Crippen molar-refractivity contribution in [1.82, 2.24) is 0 Å². The van der Waals surface area contributed by atoms with Crippen molar-refractivity contribution >= 4 is 11.5 Å². The Hall–Kier alpha value is -1.57. The highest BCUT2D eigenvalue weighted by Gasteiger charge is 2.04. The lowest BCUT2D eigenvalue weighted by atomic mass is 10.0. The van der Waals surface area contributed by atoms with E-state index in [-0.39, 0.29) is 6.42 Å². The highest BCUT2D eigenvalue weighted by atomic mass is 16.4. The molecule has 0 aliphatic carbocycles. The Morgan fingerprint density at radius 1 is 1.38 bits per heavy atom. The average Bonchev–Trinajstić information content (AvgIpc) is 2.15. The molecule has 0 heterocycles. The molecule has 0 fully saturated rings. The van der Waals surface area contributed by atoms with Gasteiger partial charge in [-0.15, -0.1) is 0 Å².